The van der Waals surface area contributed by atoms with Crippen LogP contribution in [0, 0.1) is 0 Å². The molecule has 0 aliphatic heterocycles. The lowest BCUT2D eigenvalue weighted by molar-refractivity contribution is 0.0954. The first-order chi connectivity index (χ1) is 12.8. The van der Waals surface area contributed by atoms with Gasteiger partial charge >= 0.3 is 0 Å². The Balaban J connectivity index is 1.43. The van der Waals surface area contributed by atoms with E-state index in [1.807, 2.05) is 71.3 Å². The van der Waals surface area contributed by atoms with Crippen LogP contribution in [0.1, 0.15) is 16.1 Å². The van der Waals surface area contributed by atoms with Crippen LogP contribution >= 0.6 is 0 Å². The van der Waals surface area contributed by atoms with E-state index in [0.717, 1.165) is 22.4 Å². The first-order valence-corrected chi connectivity index (χ1v) is 8.52. The number of aromatic nitrogens is 3. The van der Waals surface area contributed by atoms with Gasteiger partial charge in [0.25, 0.3) is 5.91 Å². The van der Waals surface area contributed by atoms with Crippen molar-refractivity contribution in [3.63, 3.8) is 0 Å². The van der Waals surface area contributed by atoms with Crippen LogP contribution in [-0.2, 0) is 6.42 Å². The monoisotopic (exact) mass is 342 g/mol. The maximum Gasteiger partial charge on any atom is 0.251 e. The van der Waals surface area contributed by atoms with E-state index >= 15 is 0 Å². The number of para-hydroxylation sites is 2. The van der Waals surface area contributed by atoms with Crippen molar-refractivity contribution in [1.29, 1.82) is 0 Å². The summed E-state index contributed by atoms with van der Waals surface area (Å²) in [6.07, 6.45) is 4.27. The molecule has 4 rings (SSSR count). The zero-order chi connectivity index (χ0) is 17.8. The summed E-state index contributed by atoms with van der Waals surface area (Å²) in [6.45, 7) is 0.559. The molecule has 1 amide bonds. The maximum atomic E-state index is 12.3. The molecule has 1 N–H and O–H groups in total. The van der Waals surface area contributed by atoms with E-state index in [1.165, 1.54) is 0 Å². The largest absolute Gasteiger partial charge is 0.352 e. The fourth-order valence-corrected chi connectivity index (χ4v) is 2.89. The van der Waals surface area contributed by atoms with Gasteiger partial charge in [0.15, 0.2) is 0 Å². The fraction of sp³-hybridized carbons (Fsp3) is 0.0952. The summed E-state index contributed by atoms with van der Waals surface area (Å²) in [5.41, 5.74) is 4.57. The normalized spacial score (nSPS) is 10.8. The summed E-state index contributed by atoms with van der Waals surface area (Å²) in [5.74, 6) is -0.0806. The van der Waals surface area contributed by atoms with Crippen molar-refractivity contribution >= 4 is 16.9 Å². The zero-order valence-corrected chi connectivity index (χ0v) is 14.2. The second-order valence-electron chi connectivity index (χ2n) is 5.98. The lowest BCUT2D eigenvalue weighted by Gasteiger charge is -2.07. The average Bonchev–Trinajstić information content (AvgIpc) is 3.13. The molecular weight excluding hydrogens is 324 g/mol. The predicted octanol–water partition coefficient (Wildman–Crippen LogP) is 3.39. The number of nitrogens with one attached hydrogen (secondary N) is 1. The Bertz CT molecular complexity index is 1020. The molecule has 0 aliphatic rings. The molecule has 0 radical (unpaired) electrons. The van der Waals surface area contributed by atoms with Gasteiger partial charge in [-0.1, -0.05) is 18.2 Å². The summed E-state index contributed by atoms with van der Waals surface area (Å²) < 4.78 is 2.01. The highest BCUT2D eigenvalue weighted by Gasteiger charge is 2.07. The van der Waals surface area contributed by atoms with Gasteiger partial charge in [0.1, 0.15) is 6.33 Å². The van der Waals surface area contributed by atoms with Gasteiger partial charge in [-0.3, -0.25) is 14.3 Å². The summed E-state index contributed by atoms with van der Waals surface area (Å²) in [6, 6.07) is 21.3. The van der Waals surface area contributed by atoms with Gasteiger partial charge in [0, 0.05) is 36.1 Å². The van der Waals surface area contributed by atoms with Gasteiger partial charge in [-0.2, -0.15) is 0 Å². The van der Waals surface area contributed by atoms with Gasteiger partial charge in [0.05, 0.1) is 11.0 Å². The minimum atomic E-state index is -0.0806. The number of nitrogens with zero attached hydrogens (tertiary/aromatic N) is 3. The van der Waals surface area contributed by atoms with Crippen molar-refractivity contribution in [3.05, 3.63) is 90.5 Å². The van der Waals surface area contributed by atoms with Crippen LogP contribution in [0.4, 0.5) is 0 Å². The van der Waals surface area contributed by atoms with Crippen LogP contribution in [-0.4, -0.2) is 27.0 Å². The lowest BCUT2D eigenvalue weighted by Crippen LogP contribution is -2.25. The molecule has 5 nitrogen and oxygen atoms in total. The van der Waals surface area contributed by atoms with Crippen LogP contribution in [0.25, 0.3) is 16.7 Å². The molecule has 5 heteroatoms. The second kappa shape index (κ2) is 7.19. The fourth-order valence-electron chi connectivity index (χ4n) is 2.89. The van der Waals surface area contributed by atoms with E-state index in [4.69, 9.17) is 0 Å². The number of amides is 1. The van der Waals surface area contributed by atoms with E-state index < -0.39 is 0 Å². The second-order valence-corrected chi connectivity index (χ2v) is 5.98. The third kappa shape index (κ3) is 3.32. The van der Waals surface area contributed by atoms with Crippen molar-refractivity contribution in [2.75, 3.05) is 6.54 Å². The van der Waals surface area contributed by atoms with Gasteiger partial charge in [-0.15, -0.1) is 0 Å². The summed E-state index contributed by atoms with van der Waals surface area (Å²) in [5, 5.41) is 2.93. The highest BCUT2D eigenvalue weighted by atomic mass is 16.1. The lowest BCUT2D eigenvalue weighted by atomic mass is 10.2. The number of hydrogen-bond acceptors (Lipinski definition) is 3. The molecule has 0 atom stereocenters. The molecular formula is C21H18N4O. The van der Waals surface area contributed by atoms with Crippen molar-refractivity contribution < 1.29 is 4.79 Å². The first kappa shape index (κ1) is 16.0. The molecule has 0 bridgehead atoms. The highest BCUT2D eigenvalue weighted by molar-refractivity contribution is 5.94. The number of pyridine rings is 1. The molecule has 2 aromatic heterocycles. The summed E-state index contributed by atoms with van der Waals surface area (Å²) >= 11 is 0. The number of imidazole rings is 1. The predicted molar refractivity (Wildman–Crippen MR) is 101 cm³/mol. The maximum absolute atomic E-state index is 12.3. The molecule has 4 aromatic rings. The van der Waals surface area contributed by atoms with Gasteiger partial charge < -0.3 is 5.32 Å². The van der Waals surface area contributed by atoms with Crippen molar-refractivity contribution in [3.8, 4) is 5.69 Å². The third-order valence-corrected chi connectivity index (χ3v) is 4.25. The Morgan fingerprint density at radius 2 is 1.73 bits per heavy atom. The smallest absolute Gasteiger partial charge is 0.251 e. The highest BCUT2D eigenvalue weighted by Crippen LogP contribution is 2.18. The minimum Gasteiger partial charge on any atom is -0.352 e. The SMILES string of the molecule is O=C(NCCc1ccccn1)c1ccc(-n2cnc3ccccc32)cc1. The molecule has 0 saturated heterocycles. The van der Waals surface area contributed by atoms with Crippen molar-refractivity contribution in [2.45, 2.75) is 6.42 Å². The zero-order valence-electron chi connectivity index (χ0n) is 14.2. The number of carbonyl (C=O) groups excluding carboxylic acids is 1. The van der Waals surface area contributed by atoms with Gasteiger partial charge in [-0.05, 0) is 48.5 Å². The van der Waals surface area contributed by atoms with Crippen LogP contribution < -0.4 is 5.32 Å². The minimum absolute atomic E-state index is 0.0806. The molecule has 0 saturated carbocycles. The first-order valence-electron chi connectivity index (χ1n) is 8.52. The third-order valence-electron chi connectivity index (χ3n) is 4.25. The van der Waals surface area contributed by atoms with Crippen LogP contribution in [0.15, 0.2) is 79.3 Å². The van der Waals surface area contributed by atoms with E-state index in [0.29, 0.717) is 18.5 Å². The van der Waals surface area contributed by atoms with Crippen molar-refractivity contribution in [2.24, 2.45) is 0 Å². The molecule has 128 valence electrons. The van der Waals surface area contributed by atoms with Crippen LogP contribution in [0.3, 0.4) is 0 Å². The number of carbonyl (C=O) groups is 1. The number of rotatable bonds is 5. The standard InChI is InChI=1S/C21H18N4O/c26-21(23-14-12-17-5-3-4-13-22-17)16-8-10-18(11-9-16)25-15-24-19-6-1-2-7-20(19)25/h1-11,13,15H,12,14H2,(H,23,26). The molecule has 26 heavy (non-hydrogen) atoms. The van der Waals surface area contributed by atoms with E-state index in [1.54, 1.807) is 12.5 Å². The van der Waals surface area contributed by atoms with Gasteiger partial charge in [0.2, 0.25) is 0 Å². The quantitative estimate of drug-likeness (QED) is 0.605. The van der Waals surface area contributed by atoms with E-state index in [-0.39, 0.29) is 5.91 Å². The van der Waals surface area contributed by atoms with Crippen LogP contribution in [0.5, 0.6) is 0 Å². The molecule has 2 aromatic carbocycles. The molecule has 0 aliphatic carbocycles. The Morgan fingerprint density at radius 3 is 2.54 bits per heavy atom. The summed E-state index contributed by atoms with van der Waals surface area (Å²) in [4.78, 5) is 20.9. The van der Waals surface area contributed by atoms with E-state index in [9.17, 15) is 4.79 Å². The number of fused-ring (bicyclic) bond motifs is 1. The van der Waals surface area contributed by atoms with E-state index in [2.05, 4.69) is 15.3 Å². The topological polar surface area (TPSA) is 59.8 Å². The average molecular weight is 342 g/mol. The van der Waals surface area contributed by atoms with Crippen molar-refractivity contribution in [1.82, 2.24) is 19.9 Å². The summed E-state index contributed by atoms with van der Waals surface area (Å²) in [7, 11) is 0. The Hall–Kier alpha value is -3.47. The Labute approximate surface area is 151 Å². The van der Waals surface area contributed by atoms with Gasteiger partial charge in [-0.25, -0.2) is 4.98 Å². The Morgan fingerprint density at radius 1 is 0.923 bits per heavy atom. The molecule has 2 heterocycles. The number of hydrogen-bond donors (Lipinski definition) is 1. The molecule has 0 unspecified atom stereocenters. The Kier molecular flexibility index (Phi) is 4.43. The van der Waals surface area contributed by atoms with Crippen LogP contribution in [0.2, 0.25) is 0 Å². The molecule has 0 fully saturated rings. The molecule has 0 spiro atoms. The number of benzene rings is 2.